The van der Waals surface area contributed by atoms with Crippen molar-refractivity contribution in [3.05, 3.63) is 58.0 Å². The minimum absolute atomic E-state index is 0.00334. The third-order valence-corrected chi connectivity index (χ3v) is 22.0. The van der Waals surface area contributed by atoms with Crippen LogP contribution in [0.5, 0.6) is 0 Å². The molecule has 0 saturated heterocycles. The number of nitrogens with zero attached hydrogens (tertiary/aromatic N) is 1. The number of amidine groups is 1. The molecule has 562 valence electrons. The van der Waals surface area contributed by atoms with Crippen LogP contribution in [0.3, 0.4) is 0 Å². The Bertz CT molecular complexity index is 3190. The van der Waals surface area contributed by atoms with E-state index < -0.39 is 101 Å². The van der Waals surface area contributed by atoms with Crippen molar-refractivity contribution in [2.24, 2.45) is 73.5 Å². The van der Waals surface area contributed by atoms with Crippen LogP contribution in [0.15, 0.2) is 46.1 Å². The van der Waals surface area contributed by atoms with Crippen molar-refractivity contribution in [3.63, 3.8) is 0 Å². The number of ether oxygens (including phenoxy) is 6. The van der Waals surface area contributed by atoms with Gasteiger partial charge in [0.25, 0.3) is 0 Å². The van der Waals surface area contributed by atoms with Gasteiger partial charge >= 0.3 is 41.8 Å². The van der Waals surface area contributed by atoms with Gasteiger partial charge in [-0.1, -0.05) is 145 Å². The Balaban J connectivity index is 1.83. The average Bonchev–Trinajstić information content (AvgIpc) is 1.38. The zero-order valence-corrected chi connectivity index (χ0v) is 66.4. The molecule has 2 aliphatic carbocycles. The quantitative estimate of drug-likeness (QED) is 0.0233. The maximum atomic E-state index is 15.7. The number of unbranched alkanes of at least 4 members (excludes halogenated alkanes) is 1. The maximum absolute atomic E-state index is 15.7. The van der Waals surface area contributed by atoms with Crippen molar-refractivity contribution in [1.29, 1.82) is 0 Å². The molecule has 0 bridgehead atoms. The van der Waals surface area contributed by atoms with Gasteiger partial charge in [-0.25, -0.2) is 24.2 Å². The fourth-order valence-electron chi connectivity index (χ4n) is 13.4. The first-order chi connectivity index (χ1) is 46.0. The van der Waals surface area contributed by atoms with E-state index in [9.17, 15) is 38.7 Å². The molecule has 20 nitrogen and oxygen atoms in total. The van der Waals surface area contributed by atoms with Crippen molar-refractivity contribution in [2.75, 3.05) is 36.6 Å². The largest absolute Gasteiger partial charge is 0.480 e. The van der Waals surface area contributed by atoms with Gasteiger partial charge in [-0.3, -0.25) is 24.0 Å². The number of aliphatic imine (C=N–C) groups is 1. The number of aromatic nitrogens is 1. The summed E-state index contributed by atoms with van der Waals surface area (Å²) in [6.07, 6.45) is 3.58. The van der Waals surface area contributed by atoms with Gasteiger partial charge in [0, 0.05) is 52.7 Å². The number of amides is 2. The summed E-state index contributed by atoms with van der Waals surface area (Å²) in [5.41, 5.74) is 0.494. The second kappa shape index (κ2) is 36.3. The van der Waals surface area contributed by atoms with Crippen LogP contribution in [-0.4, -0.2) is 130 Å². The summed E-state index contributed by atoms with van der Waals surface area (Å²) in [4.78, 5) is 131. The Morgan fingerprint density at radius 1 is 0.660 bits per heavy atom. The first-order valence-corrected chi connectivity index (χ1v) is 37.9. The van der Waals surface area contributed by atoms with Crippen LogP contribution < -0.4 is 10.6 Å². The number of esters is 6. The molecule has 7 atom stereocenters. The molecule has 2 amide bonds. The number of nitrogens with one attached hydrogen (secondary N) is 3. The van der Waals surface area contributed by atoms with Gasteiger partial charge in [0.1, 0.15) is 60.1 Å². The lowest BCUT2D eigenvalue weighted by Crippen LogP contribution is -2.50. The summed E-state index contributed by atoms with van der Waals surface area (Å²) < 4.78 is 35.2. The summed E-state index contributed by atoms with van der Waals surface area (Å²) in [5.74, 6) is -5.60. The number of carbonyl (C=O) groups excluding carboxylic acids is 8. The second-order valence-electron chi connectivity index (χ2n) is 33.7. The van der Waals surface area contributed by atoms with Gasteiger partial charge in [-0.2, -0.15) is 0 Å². The number of carboxylic acids is 1. The van der Waals surface area contributed by atoms with E-state index in [1.165, 1.54) is 25.6 Å². The van der Waals surface area contributed by atoms with E-state index in [0.717, 1.165) is 37.4 Å². The number of allylic oxidation sites excluding steroid dienone is 1. The molecule has 7 unspecified atom stereocenters. The number of carbonyl (C=O) groups is 9. The molecule has 0 radical (unpaired) electrons. The van der Waals surface area contributed by atoms with Crippen LogP contribution in [0.2, 0.25) is 0 Å². The summed E-state index contributed by atoms with van der Waals surface area (Å²) in [7, 11) is 0. The SMILES string of the molecule is C=C(C)C(=O)OCC(COC(=O)CC(SCCCCC(=O)Nc1[nH]c(C=C2N=C(NC(=O)C(C)SCCOC(=O)C(C)(C)CC)C(C(=O)OC3C(C(C)(C)C)CC(C)CC3C(C)(C)C)=C2C(C)C)c(C(C)C)c1C(=O)OC1C(C(C)(C)C)CC(C)CC1C(C)(C)C)C(=O)O)OC(=O)C(=C)C. The number of hydrogen-bond donors (Lipinski definition) is 4. The standard InChI is InChI=1S/C78H122N4O16S2/c1-27-78(25,26)73(92)93-31-33-99-48(12)67(85)82-66-62(72(91)98-64-52(76(19,20)21)36-47(11)37-53(64)77(22,23)24)60(43(4)5)55(80-66)38-54-59(42(2)3)61(71(90)97-63-50(74(13,14)15)34-46(10)35-51(63)75(16,17)18)65(79-54)81-57(83)30-28-29-32-100-56(68(86)87)39-58(84)94-40-49(96-70(89)45(8)9)41-95-69(88)44(6)7/h38,42-43,46-53,56,63-64,79H,6,8,27-37,39-41H2,1-5,7,9-26H3,(H,81,83)(H,86,87)(H,80,82,85). The molecule has 1 aromatic heterocycles. The van der Waals surface area contributed by atoms with Crippen molar-refractivity contribution in [1.82, 2.24) is 10.3 Å². The van der Waals surface area contributed by atoms with Crippen LogP contribution in [0.25, 0.3) is 6.08 Å². The Morgan fingerprint density at radius 2 is 1.16 bits per heavy atom. The molecular weight excluding hydrogens is 1310 g/mol. The van der Waals surface area contributed by atoms with Crippen LogP contribution in [-0.2, 0) is 66.8 Å². The highest BCUT2D eigenvalue weighted by atomic mass is 32.2. The molecule has 0 spiro atoms. The van der Waals surface area contributed by atoms with Gasteiger partial charge in [-0.05, 0) is 148 Å². The highest BCUT2D eigenvalue weighted by molar-refractivity contribution is 8.00. The number of thioether (sulfide) groups is 2. The van der Waals surface area contributed by atoms with Crippen molar-refractivity contribution < 1.29 is 76.7 Å². The van der Waals surface area contributed by atoms with Crippen LogP contribution >= 0.6 is 23.5 Å². The molecule has 2 heterocycles. The highest BCUT2D eigenvalue weighted by Gasteiger charge is 2.51. The molecule has 22 heteroatoms. The molecule has 3 aliphatic rings. The minimum atomic E-state index is -1.27. The Labute approximate surface area is 605 Å². The first-order valence-electron chi connectivity index (χ1n) is 35.8. The molecule has 4 N–H and O–H groups in total. The van der Waals surface area contributed by atoms with E-state index >= 15 is 9.59 Å². The molecule has 1 aromatic rings. The Kier molecular flexibility index (Phi) is 31.3. The van der Waals surface area contributed by atoms with Gasteiger partial charge in [0.15, 0.2) is 6.10 Å². The number of carboxylic acid groups (broad SMARTS) is 1. The lowest BCUT2D eigenvalue weighted by molar-refractivity contribution is -0.164. The minimum Gasteiger partial charge on any atom is -0.480 e. The summed E-state index contributed by atoms with van der Waals surface area (Å²) in [6.45, 7) is 54.8. The van der Waals surface area contributed by atoms with E-state index in [2.05, 4.69) is 126 Å². The van der Waals surface area contributed by atoms with E-state index in [0.29, 0.717) is 53.0 Å². The van der Waals surface area contributed by atoms with Crippen molar-refractivity contribution >= 4 is 94.9 Å². The van der Waals surface area contributed by atoms with Gasteiger partial charge in [0.05, 0.1) is 22.8 Å². The summed E-state index contributed by atoms with van der Waals surface area (Å²) >= 11 is 2.29. The number of rotatable bonds is 31. The normalized spacial score (nSPS) is 22.1. The number of aliphatic carboxylic acids is 1. The predicted octanol–water partition coefficient (Wildman–Crippen LogP) is 15.8. The fourth-order valence-corrected chi connectivity index (χ4v) is 15.2. The Morgan fingerprint density at radius 3 is 1.62 bits per heavy atom. The molecule has 100 heavy (non-hydrogen) atoms. The van der Waals surface area contributed by atoms with Crippen LogP contribution in [0, 0.1) is 68.5 Å². The highest BCUT2D eigenvalue weighted by Crippen LogP contribution is 2.52. The lowest BCUT2D eigenvalue weighted by Gasteiger charge is -2.50. The van der Waals surface area contributed by atoms with E-state index in [1.807, 2.05) is 48.5 Å². The number of H-pyrrole nitrogens is 1. The first kappa shape index (κ1) is 86.2. The van der Waals surface area contributed by atoms with E-state index in [1.54, 1.807) is 13.0 Å². The van der Waals surface area contributed by atoms with Gasteiger partial charge in [0.2, 0.25) is 11.8 Å². The van der Waals surface area contributed by atoms with E-state index in [-0.39, 0.29) is 122 Å². The molecule has 2 fully saturated rings. The average molecular weight is 1440 g/mol. The van der Waals surface area contributed by atoms with Crippen LogP contribution in [0.1, 0.15) is 251 Å². The molecule has 4 rings (SSSR count). The Hall–Kier alpha value is -6.16. The zero-order chi connectivity index (χ0) is 76.1. The van der Waals surface area contributed by atoms with Crippen molar-refractivity contribution in [3.8, 4) is 0 Å². The third-order valence-electron chi connectivity index (χ3n) is 19.6. The molecule has 2 saturated carbocycles. The van der Waals surface area contributed by atoms with E-state index in [4.69, 9.17) is 33.4 Å². The van der Waals surface area contributed by atoms with Gasteiger partial charge in [-0.15, -0.1) is 23.5 Å². The monoisotopic (exact) mass is 1430 g/mol. The molecule has 1 aliphatic heterocycles. The number of anilines is 1. The lowest BCUT2D eigenvalue weighted by atomic mass is 9.59. The molecule has 0 aromatic carbocycles. The van der Waals surface area contributed by atoms with Gasteiger partial charge < -0.3 is 49.1 Å². The fraction of sp³-hybridized carbons (Fsp3) is 0.718. The van der Waals surface area contributed by atoms with Crippen LogP contribution in [0.4, 0.5) is 5.82 Å². The second-order valence-corrected chi connectivity index (χ2v) is 36.5. The summed E-state index contributed by atoms with van der Waals surface area (Å²) in [5, 5.41) is 14.3. The third kappa shape index (κ3) is 24.5. The smallest absolute Gasteiger partial charge is 0.342 e. The summed E-state index contributed by atoms with van der Waals surface area (Å²) in [6, 6.07) is 0. The predicted molar refractivity (Wildman–Crippen MR) is 397 cm³/mol. The topological polar surface area (TPSA) is 281 Å². The number of aromatic amines is 1. The maximum Gasteiger partial charge on any atom is 0.342 e. The zero-order valence-electron chi connectivity index (χ0n) is 64.7. The molecular formula is C78H122N4O16S2. The number of hydrogen-bond acceptors (Lipinski definition) is 18. The van der Waals surface area contributed by atoms with Crippen molar-refractivity contribution in [2.45, 2.75) is 259 Å².